The Kier molecular flexibility index (Phi) is 4.88. The molecule has 0 radical (unpaired) electrons. The zero-order valence-corrected chi connectivity index (χ0v) is 10.6. The molecule has 0 aliphatic heterocycles. The highest BCUT2D eigenvalue weighted by Crippen LogP contribution is 2.05. The zero-order valence-electron chi connectivity index (χ0n) is 10.6. The predicted molar refractivity (Wildman–Crippen MR) is 71.9 cm³/mol. The SMILES string of the molecule is CNCc1ccc(COCc2ccccc2)nc1. The molecule has 0 unspecified atom stereocenters. The van der Waals surface area contributed by atoms with Crippen molar-refractivity contribution in [1.82, 2.24) is 10.3 Å². The fourth-order valence-electron chi connectivity index (χ4n) is 1.70. The van der Waals surface area contributed by atoms with Gasteiger partial charge in [0, 0.05) is 12.7 Å². The summed E-state index contributed by atoms with van der Waals surface area (Å²) in [7, 11) is 1.93. The number of aromatic nitrogens is 1. The Morgan fingerprint density at radius 3 is 2.50 bits per heavy atom. The normalized spacial score (nSPS) is 10.5. The van der Waals surface area contributed by atoms with Gasteiger partial charge in [-0.15, -0.1) is 0 Å². The molecular formula is C15H18N2O. The molecule has 1 aromatic heterocycles. The first-order valence-electron chi connectivity index (χ1n) is 6.08. The maximum absolute atomic E-state index is 5.63. The zero-order chi connectivity index (χ0) is 12.6. The van der Waals surface area contributed by atoms with Crippen LogP contribution in [0.4, 0.5) is 0 Å². The smallest absolute Gasteiger partial charge is 0.0892 e. The van der Waals surface area contributed by atoms with Crippen LogP contribution >= 0.6 is 0 Å². The lowest BCUT2D eigenvalue weighted by Crippen LogP contribution is -2.05. The largest absolute Gasteiger partial charge is 0.370 e. The van der Waals surface area contributed by atoms with E-state index in [1.165, 1.54) is 11.1 Å². The summed E-state index contributed by atoms with van der Waals surface area (Å²) >= 11 is 0. The van der Waals surface area contributed by atoms with E-state index in [2.05, 4.69) is 28.5 Å². The molecular weight excluding hydrogens is 224 g/mol. The summed E-state index contributed by atoms with van der Waals surface area (Å²) in [6.45, 7) is 2.02. The molecule has 18 heavy (non-hydrogen) atoms. The minimum atomic E-state index is 0.550. The van der Waals surface area contributed by atoms with E-state index in [4.69, 9.17) is 4.74 Å². The average molecular weight is 242 g/mol. The molecule has 1 heterocycles. The molecule has 0 atom stereocenters. The third-order valence-corrected chi connectivity index (χ3v) is 2.63. The Bertz CT molecular complexity index is 454. The molecule has 1 N–H and O–H groups in total. The molecule has 0 saturated carbocycles. The monoisotopic (exact) mass is 242 g/mol. The van der Waals surface area contributed by atoms with Crippen LogP contribution in [0.1, 0.15) is 16.8 Å². The highest BCUT2D eigenvalue weighted by atomic mass is 16.5. The number of ether oxygens (including phenoxy) is 1. The lowest BCUT2D eigenvalue weighted by atomic mass is 10.2. The van der Waals surface area contributed by atoms with Crippen molar-refractivity contribution in [2.45, 2.75) is 19.8 Å². The van der Waals surface area contributed by atoms with E-state index in [9.17, 15) is 0 Å². The lowest BCUT2D eigenvalue weighted by molar-refractivity contribution is 0.104. The van der Waals surface area contributed by atoms with E-state index >= 15 is 0 Å². The standard InChI is InChI=1S/C15H18N2O/c1-16-9-14-7-8-15(17-10-14)12-18-11-13-5-3-2-4-6-13/h2-8,10,16H,9,11-12H2,1H3. The van der Waals surface area contributed by atoms with Crippen molar-refractivity contribution in [3.05, 3.63) is 65.5 Å². The van der Waals surface area contributed by atoms with E-state index < -0.39 is 0 Å². The summed E-state index contributed by atoms with van der Waals surface area (Å²) < 4.78 is 5.63. The Balaban J connectivity index is 1.80. The molecule has 0 aliphatic carbocycles. The van der Waals surface area contributed by atoms with E-state index in [-0.39, 0.29) is 0 Å². The van der Waals surface area contributed by atoms with Crippen LogP contribution in [0, 0.1) is 0 Å². The second kappa shape index (κ2) is 6.89. The summed E-state index contributed by atoms with van der Waals surface area (Å²) in [5, 5.41) is 3.10. The van der Waals surface area contributed by atoms with Crippen molar-refractivity contribution in [3.8, 4) is 0 Å². The van der Waals surface area contributed by atoms with Crippen LogP contribution < -0.4 is 5.32 Å². The summed E-state index contributed by atoms with van der Waals surface area (Å²) in [5.41, 5.74) is 3.33. The van der Waals surface area contributed by atoms with Gasteiger partial charge in [-0.25, -0.2) is 0 Å². The first-order valence-corrected chi connectivity index (χ1v) is 6.08. The molecule has 0 aliphatic rings. The molecule has 3 nitrogen and oxygen atoms in total. The fourth-order valence-corrected chi connectivity index (χ4v) is 1.70. The molecule has 1 aromatic carbocycles. The molecule has 0 amide bonds. The Hall–Kier alpha value is -1.71. The van der Waals surface area contributed by atoms with Crippen LogP contribution in [0.15, 0.2) is 48.7 Å². The topological polar surface area (TPSA) is 34.1 Å². The molecule has 2 aromatic rings. The number of nitrogens with zero attached hydrogens (tertiary/aromatic N) is 1. The fraction of sp³-hybridized carbons (Fsp3) is 0.267. The van der Waals surface area contributed by atoms with Crippen molar-refractivity contribution in [1.29, 1.82) is 0 Å². The van der Waals surface area contributed by atoms with E-state index in [1.54, 1.807) is 0 Å². The molecule has 2 rings (SSSR count). The van der Waals surface area contributed by atoms with Gasteiger partial charge in [-0.1, -0.05) is 36.4 Å². The van der Waals surface area contributed by atoms with E-state index in [0.29, 0.717) is 13.2 Å². The number of nitrogens with one attached hydrogen (secondary N) is 1. The van der Waals surface area contributed by atoms with Crippen molar-refractivity contribution < 1.29 is 4.74 Å². The van der Waals surface area contributed by atoms with Crippen LogP contribution in [0.2, 0.25) is 0 Å². The van der Waals surface area contributed by atoms with Gasteiger partial charge < -0.3 is 10.1 Å². The molecule has 0 fully saturated rings. The van der Waals surface area contributed by atoms with Gasteiger partial charge in [-0.05, 0) is 24.2 Å². The predicted octanol–water partition coefficient (Wildman–Crippen LogP) is 2.52. The number of pyridine rings is 1. The molecule has 3 heteroatoms. The van der Waals surface area contributed by atoms with Gasteiger partial charge in [0.25, 0.3) is 0 Å². The van der Waals surface area contributed by atoms with Gasteiger partial charge in [0.2, 0.25) is 0 Å². The third-order valence-electron chi connectivity index (χ3n) is 2.63. The maximum Gasteiger partial charge on any atom is 0.0892 e. The van der Waals surface area contributed by atoms with Gasteiger partial charge in [-0.3, -0.25) is 4.98 Å². The molecule has 0 bridgehead atoms. The summed E-state index contributed by atoms with van der Waals surface area (Å²) in [5.74, 6) is 0. The molecule has 0 spiro atoms. The van der Waals surface area contributed by atoms with Crippen molar-refractivity contribution in [2.24, 2.45) is 0 Å². The Morgan fingerprint density at radius 2 is 1.83 bits per heavy atom. The highest BCUT2D eigenvalue weighted by molar-refractivity contribution is 5.14. The van der Waals surface area contributed by atoms with Gasteiger partial charge >= 0.3 is 0 Å². The van der Waals surface area contributed by atoms with Crippen LogP contribution in [-0.4, -0.2) is 12.0 Å². The maximum atomic E-state index is 5.63. The summed E-state index contributed by atoms with van der Waals surface area (Å²) in [6.07, 6.45) is 1.89. The lowest BCUT2D eigenvalue weighted by Gasteiger charge is -2.05. The van der Waals surface area contributed by atoms with Gasteiger partial charge in [0.05, 0.1) is 18.9 Å². The van der Waals surface area contributed by atoms with Gasteiger partial charge in [0.1, 0.15) is 0 Å². The summed E-state index contributed by atoms with van der Waals surface area (Å²) in [6, 6.07) is 14.2. The van der Waals surface area contributed by atoms with Gasteiger partial charge in [0.15, 0.2) is 0 Å². The first kappa shape index (κ1) is 12.7. The number of rotatable bonds is 6. The first-order chi connectivity index (χ1) is 8.88. The van der Waals surface area contributed by atoms with E-state index in [1.807, 2.05) is 37.5 Å². The number of hydrogen-bond donors (Lipinski definition) is 1. The molecule has 94 valence electrons. The minimum Gasteiger partial charge on any atom is -0.370 e. The second-order valence-corrected chi connectivity index (χ2v) is 4.17. The van der Waals surface area contributed by atoms with Crippen LogP contribution in [0.3, 0.4) is 0 Å². The van der Waals surface area contributed by atoms with Crippen molar-refractivity contribution >= 4 is 0 Å². The average Bonchev–Trinajstić information content (AvgIpc) is 2.42. The van der Waals surface area contributed by atoms with Crippen molar-refractivity contribution in [3.63, 3.8) is 0 Å². The highest BCUT2D eigenvalue weighted by Gasteiger charge is 1.97. The van der Waals surface area contributed by atoms with Crippen molar-refractivity contribution in [2.75, 3.05) is 7.05 Å². The molecule has 0 saturated heterocycles. The number of hydrogen-bond acceptors (Lipinski definition) is 3. The minimum absolute atomic E-state index is 0.550. The van der Waals surface area contributed by atoms with E-state index in [0.717, 1.165) is 12.2 Å². The third kappa shape index (κ3) is 3.95. The Morgan fingerprint density at radius 1 is 1.00 bits per heavy atom. The number of benzene rings is 1. The van der Waals surface area contributed by atoms with Crippen LogP contribution in [0.5, 0.6) is 0 Å². The Labute approximate surface area is 108 Å². The van der Waals surface area contributed by atoms with Gasteiger partial charge in [-0.2, -0.15) is 0 Å². The summed E-state index contributed by atoms with van der Waals surface area (Å²) in [4.78, 5) is 4.36. The van der Waals surface area contributed by atoms with Crippen LogP contribution in [0.25, 0.3) is 0 Å². The quantitative estimate of drug-likeness (QED) is 0.845. The second-order valence-electron chi connectivity index (χ2n) is 4.17. The van der Waals surface area contributed by atoms with Crippen LogP contribution in [-0.2, 0) is 24.5 Å².